The number of nitrogens with one attached hydrogen (secondary N) is 1. The van der Waals surface area contributed by atoms with Gasteiger partial charge in [-0.1, -0.05) is 12.1 Å². The highest BCUT2D eigenvalue weighted by atomic mass is 16.6. The molecule has 1 heterocycles. The maximum atomic E-state index is 12.2. The van der Waals surface area contributed by atoms with E-state index in [4.69, 9.17) is 14.1 Å². The first-order valence-corrected chi connectivity index (χ1v) is 8.34. The van der Waals surface area contributed by atoms with Gasteiger partial charge in [0, 0.05) is 20.0 Å². The van der Waals surface area contributed by atoms with Crippen LogP contribution in [0.1, 0.15) is 35.7 Å². The number of hydrogen-bond acceptors (Lipinski definition) is 7. The number of amides is 1. The van der Waals surface area contributed by atoms with Crippen LogP contribution in [-0.4, -0.2) is 56.1 Å². The van der Waals surface area contributed by atoms with Gasteiger partial charge in [0.25, 0.3) is 0 Å². The van der Waals surface area contributed by atoms with Gasteiger partial charge in [0.05, 0.1) is 12.5 Å². The van der Waals surface area contributed by atoms with Crippen molar-refractivity contribution in [3.63, 3.8) is 0 Å². The molecule has 0 spiro atoms. The number of fused-ring (bicyclic) bond motifs is 1. The summed E-state index contributed by atoms with van der Waals surface area (Å²) in [6.45, 7) is 1.80. The van der Waals surface area contributed by atoms with E-state index in [0.717, 1.165) is 0 Å². The molecule has 26 heavy (non-hydrogen) atoms. The molecule has 1 aliphatic heterocycles. The number of methoxy groups -OCH3 is 1. The zero-order chi connectivity index (χ0) is 19.1. The summed E-state index contributed by atoms with van der Waals surface area (Å²) in [4.78, 5) is 35.0. The second-order valence-corrected chi connectivity index (χ2v) is 6.01. The molecule has 8 nitrogen and oxygen atoms in total. The Hall–Kier alpha value is -2.39. The molecule has 140 valence electrons. The maximum absolute atomic E-state index is 12.2. The van der Waals surface area contributed by atoms with Gasteiger partial charge in [-0.15, -0.1) is 0 Å². The quantitative estimate of drug-likeness (QED) is 0.388. The van der Waals surface area contributed by atoms with E-state index in [0.29, 0.717) is 12.0 Å². The van der Waals surface area contributed by atoms with Crippen LogP contribution < -0.4 is 9.97 Å². The van der Waals surface area contributed by atoms with E-state index in [-0.39, 0.29) is 49.1 Å². The fraction of sp³-hybridized carbons (Fsp3) is 0.471. The summed E-state index contributed by atoms with van der Waals surface area (Å²) in [6, 6.07) is 4.98. The number of Topliss-reactive ketones (excluding diaryl/α,β-unsaturated/α-hetero) is 1. The normalized spacial score (nSPS) is 15.7. The predicted molar refractivity (Wildman–Crippen MR) is 92.8 cm³/mol. The summed E-state index contributed by atoms with van der Waals surface area (Å²) in [5.74, 6) is -1.41. The molecule has 0 radical (unpaired) electrons. The first-order valence-electron chi connectivity index (χ1n) is 8.34. The summed E-state index contributed by atoms with van der Waals surface area (Å²) in [7, 11) is 0.194. The number of carbonyl (C=O) groups excluding carboxylic acids is 3. The number of esters is 1. The van der Waals surface area contributed by atoms with Gasteiger partial charge in [-0.25, -0.2) is 4.79 Å². The molecular weight excluding hydrogens is 341 g/mol. The minimum absolute atomic E-state index is 0.0529. The van der Waals surface area contributed by atoms with Crippen LogP contribution in [0, 0.1) is 0 Å². The number of carbonyl (C=O) groups is 3. The zero-order valence-electron chi connectivity index (χ0n) is 14.8. The Kier molecular flexibility index (Phi) is 7.17. The van der Waals surface area contributed by atoms with Crippen LogP contribution in [0.2, 0.25) is 0 Å². The largest absolute Gasteiger partial charge is 0.547 e. The van der Waals surface area contributed by atoms with Gasteiger partial charge in [-0.2, -0.15) is 0 Å². The molecule has 1 aromatic rings. The van der Waals surface area contributed by atoms with Crippen molar-refractivity contribution in [1.29, 1.82) is 0 Å². The fourth-order valence-electron chi connectivity index (χ4n) is 2.57. The predicted octanol–water partition coefficient (Wildman–Crippen LogP) is 0.298. The van der Waals surface area contributed by atoms with Crippen molar-refractivity contribution in [2.24, 2.45) is 0 Å². The minimum Gasteiger partial charge on any atom is -0.534 e. The Morgan fingerprint density at radius 3 is 2.77 bits per heavy atom. The van der Waals surface area contributed by atoms with E-state index in [1.165, 1.54) is 14.0 Å². The Morgan fingerprint density at radius 2 is 2.08 bits per heavy atom. The van der Waals surface area contributed by atoms with E-state index < -0.39 is 19.0 Å². The van der Waals surface area contributed by atoms with Crippen LogP contribution >= 0.6 is 0 Å². The molecule has 1 amide bonds. The summed E-state index contributed by atoms with van der Waals surface area (Å²) in [5.41, 5.74) is 0.882. The van der Waals surface area contributed by atoms with Gasteiger partial charge in [0.1, 0.15) is 23.7 Å². The van der Waals surface area contributed by atoms with Gasteiger partial charge in [0.15, 0.2) is 0 Å². The topological polar surface area (TPSA) is 111 Å². The molecular formula is C17H22BNO7. The summed E-state index contributed by atoms with van der Waals surface area (Å²) < 4.78 is 15.4. The first-order chi connectivity index (χ1) is 12.4. The minimum atomic E-state index is -1.31. The van der Waals surface area contributed by atoms with Crippen LogP contribution in [0.3, 0.4) is 0 Å². The lowest BCUT2D eigenvalue weighted by molar-refractivity contribution is -0.124. The Balaban J connectivity index is 2.05. The van der Waals surface area contributed by atoms with Crippen molar-refractivity contribution in [3.8, 4) is 5.75 Å². The lowest BCUT2D eigenvalue weighted by Crippen LogP contribution is -2.53. The number of ketones is 1. The zero-order valence-corrected chi connectivity index (χ0v) is 14.8. The molecule has 0 fully saturated rings. The van der Waals surface area contributed by atoms with E-state index in [1.54, 1.807) is 18.2 Å². The third-order valence-electron chi connectivity index (χ3n) is 3.91. The van der Waals surface area contributed by atoms with Gasteiger partial charge in [-0.3, -0.25) is 4.79 Å². The number of rotatable bonds is 8. The van der Waals surface area contributed by atoms with Crippen molar-refractivity contribution in [1.82, 2.24) is 5.32 Å². The van der Waals surface area contributed by atoms with Crippen LogP contribution in [-0.2, 0) is 25.5 Å². The van der Waals surface area contributed by atoms with Crippen LogP contribution in [0.15, 0.2) is 18.2 Å². The van der Waals surface area contributed by atoms with E-state index in [1.807, 2.05) is 0 Å². The van der Waals surface area contributed by atoms with E-state index >= 15 is 0 Å². The fourth-order valence-corrected chi connectivity index (χ4v) is 2.57. The van der Waals surface area contributed by atoms with Crippen molar-refractivity contribution in [2.75, 3.05) is 20.3 Å². The Bertz CT molecular complexity index is 679. The highest BCUT2D eigenvalue weighted by molar-refractivity contribution is 6.47. The molecule has 0 saturated carbocycles. The number of hydrogen-bond donors (Lipinski definition) is 2. The van der Waals surface area contributed by atoms with E-state index in [2.05, 4.69) is 5.32 Å². The highest BCUT2D eigenvalue weighted by Crippen LogP contribution is 2.30. The molecule has 1 aromatic carbocycles. The molecule has 0 aromatic heterocycles. The molecule has 0 saturated heterocycles. The molecule has 2 rings (SSSR count). The monoisotopic (exact) mass is 363 g/mol. The van der Waals surface area contributed by atoms with Gasteiger partial charge < -0.3 is 29.3 Å². The molecule has 0 aliphatic carbocycles. The average Bonchev–Trinajstić information content (AvgIpc) is 2.60. The van der Waals surface area contributed by atoms with Crippen LogP contribution in [0.4, 0.5) is 0 Å². The standard InChI is InChI=1S/C17H22BNO7/c1-11(20)6-7-15(21)19-14-10-12-4-3-5-13(16(12)26-18(14)23)17(22)25-9-8-24-2/h3-5,14,23H,6-10H2,1-2H3,(H,19,21)/t14-/m0/s1. The Morgan fingerprint density at radius 1 is 1.31 bits per heavy atom. The summed E-state index contributed by atoms with van der Waals surface area (Å²) in [5, 5.41) is 12.8. The molecule has 2 N–H and O–H groups in total. The Labute approximate surface area is 152 Å². The smallest absolute Gasteiger partial charge is 0.534 e. The summed E-state index contributed by atoms with van der Waals surface area (Å²) >= 11 is 0. The number of ether oxygens (including phenoxy) is 2. The molecule has 0 bridgehead atoms. The molecule has 9 heteroatoms. The second kappa shape index (κ2) is 9.35. The molecule has 0 unspecified atom stereocenters. The molecule has 1 atom stereocenters. The third-order valence-corrected chi connectivity index (χ3v) is 3.91. The van der Waals surface area contributed by atoms with Gasteiger partial charge in [0.2, 0.25) is 5.91 Å². The third kappa shape index (κ3) is 5.30. The van der Waals surface area contributed by atoms with Crippen molar-refractivity contribution >= 4 is 24.8 Å². The lowest BCUT2D eigenvalue weighted by atomic mass is 9.72. The lowest BCUT2D eigenvalue weighted by Gasteiger charge is -2.29. The van der Waals surface area contributed by atoms with Gasteiger partial charge in [-0.05, 0) is 25.0 Å². The van der Waals surface area contributed by atoms with Crippen LogP contribution in [0.25, 0.3) is 0 Å². The van der Waals surface area contributed by atoms with Crippen molar-refractivity contribution in [3.05, 3.63) is 29.3 Å². The second-order valence-electron chi connectivity index (χ2n) is 6.01. The van der Waals surface area contributed by atoms with Gasteiger partial charge >= 0.3 is 13.1 Å². The highest BCUT2D eigenvalue weighted by Gasteiger charge is 2.37. The van der Waals surface area contributed by atoms with E-state index in [9.17, 15) is 19.4 Å². The SMILES string of the molecule is COCCOC(=O)c1cccc2c1OB(O)[C@@H](NC(=O)CCC(C)=O)C2. The number of para-hydroxylation sites is 1. The average molecular weight is 363 g/mol. The van der Waals surface area contributed by atoms with Crippen LogP contribution in [0.5, 0.6) is 5.75 Å². The van der Waals surface area contributed by atoms with Crippen molar-refractivity contribution in [2.45, 2.75) is 32.1 Å². The summed E-state index contributed by atoms with van der Waals surface area (Å²) in [6.07, 6.45) is 0.488. The molecule has 1 aliphatic rings. The maximum Gasteiger partial charge on any atom is 0.547 e. The number of benzene rings is 1. The van der Waals surface area contributed by atoms with Crippen molar-refractivity contribution < 1.29 is 33.5 Å². The first kappa shape index (κ1) is 19.9.